The molecular formula is C40H42Cl2Zr. The summed E-state index contributed by atoms with van der Waals surface area (Å²) in [5.41, 5.74) is 17.7. The second-order valence-electron chi connectivity index (χ2n) is 14.1. The molecule has 220 valence electrons. The summed E-state index contributed by atoms with van der Waals surface area (Å²) >= 11 is -0.894. The van der Waals surface area contributed by atoms with Crippen molar-refractivity contribution in [2.75, 3.05) is 0 Å². The van der Waals surface area contributed by atoms with Crippen molar-refractivity contribution in [1.82, 2.24) is 0 Å². The Morgan fingerprint density at radius 1 is 0.488 bits per heavy atom. The Hall–Kier alpha value is -2.18. The maximum Gasteiger partial charge on any atom is -1.00 e. The fraction of sp³-hybridized carbons (Fsp3) is 0.300. The van der Waals surface area contributed by atoms with Crippen LogP contribution < -0.4 is 24.8 Å². The van der Waals surface area contributed by atoms with Crippen molar-refractivity contribution in [3.8, 4) is 22.3 Å². The molecule has 2 aliphatic rings. The zero-order chi connectivity index (χ0) is 29.1. The number of hydrogen-bond acceptors (Lipinski definition) is 0. The van der Waals surface area contributed by atoms with Crippen LogP contribution in [0.2, 0.25) is 0 Å². The van der Waals surface area contributed by atoms with Gasteiger partial charge in [0.2, 0.25) is 0 Å². The summed E-state index contributed by atoms with van der Waals surface area (Å²) in [7, 11) is 0. The monoisotopic (exact) mass is 682 g/mol. The van der Waals surface area contributed by atoms with Crippen molar-refractivity contribution in [3.05, 3.63) is 129 Å². The number of fused-ring (bicyclic) bond motifs is 2. The molecule has 2 atom stereocenters. The van der Waals surface area contributed by atoms with Gasteiger partial charge in [-0.1, -0.05) is 0 Å². The molecule has 0 amide bonds. The molecule has 0 spiro atoms. The average molecular weight is 685 g/mol. The summed E-state index contributed by atoms with van der Waals surface area (Å²) in [4.78, 5) is 0. The molecule has 0 bridgehead atoms. The molecule has 6 rings (SSSR count). The third-order valence-corrected chi connectivity index (χ3v) is 14.4. The number of rotatable bonds is 4. The van der Waals surface area contributed by atoms with E-state index in [-0.39, 0.29) is 35.6 Å². The van der Waals surface area contributed by atoms with E-state index in [2.05, 4.69) is 152 Å². The van der Waals surface area contributed by atoms with Gasteiger partial charge in [0.05, 0.1) is 0 Å². The normalized spacial score (nSPS) is 17.1. The van der Waals surface area contributed by atoms with Gasteiger partial charge in [-0.25, -0.2) is 0 Å². The minimum atomic E-state index is -0.894. The predicted molar refractivity (Wildman–Crippen MR) is 174 cm³/mol. The molecule has 2 aliphatic carbocycles. The van der Waals surface area contributed by atoms with Crippen LogP contribution in [0.25, 0.3) is 34.4 Å². The molecule has 0 saturated heterocycles. The summed E-state index contributed by atoms with van der Waals surface area (Å²) in [5.74, 6) is 0. The van der Waals surface area contributed by atoms with E-state index in [4.69, 9.17) is 0 Å². The summed E-state index contributed by atoms with van der Waals surface area (Å²) in [5, 5.41) is 0. The van der Waals surface area contributed by atoms with Crippen LogP contribution in [0.1, 0.15) is 96.0 Å². The molecule has 0 aromatic heterocycles. The van der Waals surface area contributed by atoms with Gasteiger partial charge < -0.3 is 24.8 Å². The Balaban J connectivity index is 0.00000212. The number of allylic oxidation sites excluding steroid dienone is 2. The molecular weight excluding hydrogens is 643 g/mol. The van der Waals surface area contributed by atoms with E-state index in [0.29, 0.717) is 7.25 Å². The van der Waals surface area contributed by atoms with Gasteiger partial charge in [0.1, 0.15) is 0 Å². The maximum atomic E-state index is 2.50. The Morgan fingerprint density at radius 3 is 1.16 bits per heavy atom. The topological polar surface area (TPSA) is 0 Å². The molecule has 2 unspecified atom stereocenters. The van der Waals surface area contributed by atoms with Crippen LogP contribution in [0, 0.1) is 0 Å². The molecule has 4 aromatic carbocycles. The van der Waals surface area contributed by atoms with Gasteiger partial charge in [0, 0.05) is 0 Å². The Morgan fingerprint density at radius 2 is 0.837 bits per heavy atom. The van der Waals surface area contributed by atoms with Gasteiger partial charge in [-0.15, -0.1) is 0 Å². The summed E-state index contributed by atoms with van der Waals surface area (Å²) in [6, 6.07) is 32.5. The molecule has 0 aliphatic heterocycles. The minimum Gasteiger partial charge on any atom is -1.00 e. The van der Waals surface area contributed by atoms with Gasteiger partial charge in [-0.2, -0.15) is 0 Å². The summed E-state index contributed by atoms with van der Waals surface area (Å²) in [6.45, 7) is 18.5. The first-order valence-corrected chi connectivity index (χ1v) is 17.9. The number of halogens is 2. The van der Waals surface area contributed by atoms with Crippen LogP contribution >= 0.6 is 0 Å². The first-order valence-electron chi connectivity index (χ1n) is 15.0. The average Bonchev–Trinajstić information content (AvgIpc) is 3.43. The quantitative estimate of drug-likeness (QED) is 0.273. The van der Waals surface area contributed by atoms with Crippen molar-refractivity contribution >= 4 is 12.2 Å². The third-order valence-electron chi connectivity index (χ3n) is 9.01. The van der Waals surface area contributed by atoms with Gasteiger partial charge in [0.15, 0.2) is 0 Å². The Kier molecular flexibility index (Phi) is 9.93. The fourth-order valence-corrected chi connectivity index (χ4v) is 11.2. The molecule has 0 nitrogen and oxygen atoms in total. The van der Waals surface area contributed by atoms with E-state index in [9.17, 15) is 0 Å². The second-order valence-corrected chi connectivity index (χ2v) is 17.7. The zero-order valence-electron chi connectivity index (χ0n) is 26.6. The van der Waals surface area contributed by atoms with Crippen LogP contribution in [0.5, 0.6) is 0 Å². The molecule has 0 heterocycles. The van der Waals surface area contributed by atoms with E-state index in [1.54, 1.807) is 22.3 Å². The maximum absolute atomic E-state index is 2.50. The molecule has 0 radical (unpaired) electrons. The molecule has 4 aromatic rings. The Labute approximate surface area is 283 Å². The standard InChI is InChI=1S/2C20H21.2ClH.Zr/c2*1-14-12-16-6-5-7-18(19(16)13-14)15-8-10-17(11-9-15)20(2,3)4;;;/h2*5-13H,1-4H3;2*1H;/q;;;;+2/p-2. The zero-order valence-corrected chi connectivity index (χ0v) is 30.6. The van der Waals surface area contributed by atoms with E-state index in [1.165, 1.54) is 44.5 Å². The minimum absolute atomic E-state index is 0. The van der Waals surface area contributed by atoms with Crippen molar-refractivity contribution in [2.24, 2.45) is 0 Å². The van der Waals surface area contributed by atoms with Crippen LogP contribution in [0.15, 0.2) is 96.1 Å². The van der Waals surface area contributed by atoms with Gasteiger partial charge in [0.25, 0.3) is 0 Å². The molecule has 43 heavy (non-hydrogen) atoms. The third kappa shape index (κ3) is 6.47. The van der Waals surface area contributed by atoms with Crippen molar-refractivity contribution in [2.45, 2.75) is 73.5 Å². The van der Waals surface area contributed by atoms with Gasteiger partial charge >= 0.3 is 261 Å². The molecule has 0 saturated carbocycles. The smallest absolute Gasteiger partial charge is 1.00 e. The Bertz CT molecular complexity index is 1550. The molecule has 3 heteroatoms. The van der Waals surface area contributed by atoms with Crippen molar-refractivity contribution in [1.29, 1.82) is 0 Å². The van der Waals surface area contributed by atoms with Crippen LogP contribution in [0.4, 0.5) is 0 Å². The first kappa shape index (κ1) is 33.7. The largest absolute Gasteiger partial charge is 1.00 e. The van der Waals surface area contributed by atoms with Crippen molar-refractivity contribution in [3.63, 3.8) is 0 Å². The van der Waals surface area contributed by atoms with Gasteiger partial charge in [-0.05, 0) is 0 Å². The SMILES string of the molecule is CC1=Cc2c(-c3ccc(C(C)(C)C)cc3)cccc2[CH]1[Zr+2][CH]1C(C)=Cc2c(-c3ccc(C(C)(C)C)cc3)cccc21.[Cl-].[Cl-]. The van der Waals surface area contributed by atoms with E-state index < -0.39 is 23.2 Å². The summed E-state index contributed by atoms with van der Waals surface area (Å²) in [6.07, 6.45) is 4.99. The van der Waals surface area contributed by atoms with Crippen LogP contribution in [0.3, 0.4) is 0 Å². The van der Waals surface area contributed by atoms with Crippen LogP contribution in [-0.2, 0) is 34.1 Å². The molecule has 0 fully saturated rings. The van der Waals surface area contributed by atoms with E-state index in [1.807, 2.05) is 0 Å². The first-order chi connectivity index (χ1) is 19.4. The van der Waals surface area contributed by atoms with Crippen LogP contribution in [-0.4, -0.2) is 0 Å². The second kappa shape index (κ2) is 12.7. The number of hydrogen-bond donors (Lipinski definition) is 0. The van der Waals surface area contributed by atoms with E-state index >= 15 is 0 Å². The van der Waals surface area contributed by atoms with Crippen molar-refractivity contribution < 1.29 is 48.0 Å². The summed E-state index contributed by atoms with van der Waals surface area (Å²) < 4.78 is 1.22. The predicted octanol–water partition coefficient (Wildman–Crippen LogP) is 5.32. The van der Waals surface area contributed by atoms with Gasteiger partial charge in [-0.3, -0.25) is 0 Å². The number of benzene rings is 4. The molecule has 0 N–H and O–H groups in total. The fourth-order valence-electron chi connectivity index (χ4n) is 6.52. The van der Waals surface area contributed by atoms with E-state index in [0.717, 1.165) is 0 Å².